The van der Waals surface area contributed by atoms with Crippen molar-refractivity contribution in [2.75, 3.05) is 37.6 Å². The van der Waals surface area contributed by atoms with E-state index in [9.17, 15) is 0 Å². The molecule has 0 spiro atoms. The molecule has 1 heterocycles. The molecule has 0 aliphatic carbocycles. The molecule has 3 nitrogen and oxygen atoms in total. The second-order valence-corrected chi connectivity index (χ2v) is 4.65. The number of para-hydroxylation sites is 1. The lowest BCUT2D eigenvalue weighted by atomic mass is 10.1. The van der Waals surface area contributed by atoms with Gasteiger partial charge in [-0.25, -0.2) is 0 Å². The van der Waals surface area contributed by atoms with Crippen molar-refractivity contribution in [2.45, 2.75) is 6.92 Å². The third kappa shape index (κ3) is 3.21. The van der Waals surface area contributed by atoms with Gasteiger partial charge in [-0.3, -0.25) is 4.90 Å². The zero-order chi connectivity index (χ0) is 12.1. The standard InChI is InChI=1S/C14H19N3/c1-13(11-15)12-16-7-9-17(10-8-16)14-5-3-2-4-6-14/h2-6,13H,7-10,12H2,1H3. The molecule has 0 N–H and O–H groups in total. The molecule has 1 aromatic carbocycles. The number of nitriles is 1. The summed E-state index contributed by atoms with van der Waals surface area (Å²) in [5, 5.41) is 8.81. The Balaban J connectivity index is 1.85. The van der Waals surface area contributed by atoms with E-state index in [1.807, 2.05) is 13.0 Å². The Bertz CT molecular complexity index is 374. The number of rotatable bonds is 3. The van der Waals surface area contributed by atoms with Crippen molar-refractivity contribution in [1.82, 2.24) is 4.90 Å². The number of hydrogen-bond acceptors (Lipinski definition) is 3. The minimum absolute atomic E-state index is 0.137. The van der Waals surface area contributed by atoms with E-state index in [0.29, 0.717) is 0 Å². The highest BCUT2D eigenvalue weighted by Gasteiger charge is 2.18. The number of hydrogen-bond donors (Lipinski definition) is 0. The van der Waals surface area contributed by atoms with Crippen LogP contribution in [0.4, 0.5) is 5.69 Å². The summed E-state index contributed by atoms with van der Waals surface area (Å²) in [6.07, 6.45) is 0. The van der Waals surface area contributed by atoms with Crippen LogP contribution in [-0.2, 0) is 0 Å². The largest absolute Gasteiger partial charge is 0.369 e. The molecule has 0 aromatic heterocycles. The Morgan fingerprint density at radius 1 is 1.18 bits per heavy atom. The molecular weight excluding hydrogens is 210 g/mol. The summed E-state index contributed by atoms with van der Waals surface area (Å²) < 4.78 is 0. The van der Waals surface area contributed by atoms with E-state index in [0.717, 1.165) is 32.7 Å². The minimum atomic E-state index is 0.137. The van der Waals surface area contributed by atoms with Crippen LogP contribution in [0.25, 0.3) is 0 Å². The van der Waals surface area contributed by atoms with Crippen LogP contribution < -0.4 is 4.90 Å². The topological polar surface area (TPSA) is 30.3 Å². The monoisotopic (exact) mass is 229 g/mol. The van der Waals surface area contributed by atoms with Crippen LogP contribution in [0.5, 0.6) is 0 Å². The summed E-state index contributed by atoms with van der Waals surface area (Å²) >= 11 is 0. The molecular formula is C14H19N3. The van der Waals surface area contributed by atoms with Crippen molar-refractivity contribution in [2.24, 2.45) is 5.92 Å². The van der Waals surface area contributed by atoms with Gasteiger partial charge in [0.2, 0.25) is 0 Å². The van der Waals surface area contributed by atoms with Gasteiger partial charge in [-0.05, 0) is 19.1 Å². The summed E-state index contributed by atoms with van der Waals surface area (Å²) in [4.78, 5) is 4.79. The molecule has 17 heavy (non-hydrogen) atoms. The van der Waals surface area contributed by atoms with E-state index in [4.69, 9.17) is 5.26 Å². The van der Waals surface area contributed by atoms with Crippen molar-refractivity contribution in [3.63, 3.8) is 0 Å². The van der Waals surface area contributed by atoms with Crippen LogP contribution in [0, 0.1) is 17.2 Å². The van der Waals surface area contributed by atoms with E-state index >= 15 is 0 Å². The van der Waals surface area contributed by atoms with Gasteiger partial charge in [0, 0.05) is 38.4 Å². The van der Waals surface area contributed by atoms with Gasteiger partial charge in [-0.15, -0.1) is 0 Å². The third-order valence-corrected chi connectivity index (χ3v) is 3.25. The molecule has 1 fully saturated rings. The fourth-order valence-corrected chi connectivity index (χ4v) is 2.26. The van der Waals surface area contributed by atoms with Crippen LogP contribution in [0.15, 0.2) is 30.3 Å². The summed E-state index contributed by atoms with van der Waals surface area (Å²) in [6, 6.07) is 12.8. The lowest BCUT2D eigenvalue weighted by molar-refractivity contribution is 0.241. The molecule has 2 rings (SSSR count). The molecule has 1 aromatic rings. The first-order valence-corrected chi connectivity index (χ1v) is 6.21. The third-order valence-electron chi connectivity index (χ3n) is 3.25. The fraction of sp³-hybridized carbons (Fsp3) is 0.500. The highest BCUT2D eigenvalue weighted by Crippen LogP contribution is 2.15. The molecule has 0 bridgehead atoms. The normalized spacial score (nSPS) is 18.7. The maximum absolute atomic E-state index is 8.81. The average molecular weight is 229 g/mol. The SMILES string of the molecule is CC(C#N)CN1CCN(c2ccccc2)CC1. The van der Waals surface area contributed by atoms with Gasteiger partial charge >= 0.3 is 0 Å². The second kappa shape index (κ2) is 5.70. The summed E-state index contributed by atoms with van der Waals surface area (Å²) in [5.41, 5.74) is 1.31. The summed E-state index contributed by atoms with van der Waals surface area (Å²) in [7, 11) is 0. The molecule has 1 unspecified atom stereocenters. The number of piperazine rings is 1. The maximum Gasteiger partial charge on any atom is 0.0666 e. The maximum atomic E-state index is 8.81. The van der Waals surface area contributed by atoms with Gasteiger partial charge in [0.05, 0.1) is 12.0 Å². The first-order chi connectivity index (χ1) is 8.29. The zero-order valence-electron chi connectivity index (χ0n) is 10.3. The number of nitrogens with zero attached hydrogens (tertiary/aromatic N) is 3. The Morgan fingerprint density at radius 3 is 2.41 bits per heavy atom. The van der Waals surface area contributed by atoms with Crippen LogP contribution >= 0.6 is 0 Å². The van der Waals surface area contributed by atoms with Gasteiger partial charge < -0.3 is 4.90 Å². The first kappa shape index (κ1) is 11.9. The van der Waals surface area contributed by atoms with Crippen molar-refractivity contribution in [3.05, 3.63) is 30.3 Å². The van der Waals surface area contributed by atoms with Gasteiger partial charge in [0.15, 0.2) is 0 Å². The van der Waals surface area contributed by atoms with Crippen LogP contribution in [0.2, 0.25) is 0 Å². The molecule has 1 aliphatic rings. The van der Waals surface area contributed by atoms with Crippen molar-refractivity contribution in [1.29, 1.82) is 5.26 Å². The smallest absolute Gasteiger partial charge is 0.0666 e. The van der Waals surface area contributed by atoms with Gasteiger partial charge in [-0.1, -0.05) is 18.2 Å². The second-order valence-electron chi connectivity index (χ2n) is 4.65. The van der Waals surface area contributed by atoms with E-state index < -0.39 is 0 Å². The zero-order valence-corrected chi connectivity index (χ0v) is 10.3. The lowest BCUT2D eigenvalue weighted by Gasteiger charge is -2.36. The molecule has 90 valence electrons. The number of benzene rings is 1. The minimum Gasteiger partial charge on any atom is -0.369 e. The molecule has 0 radical (unpaired) electrons. The van der Waals surface area contributed by atoms with Crippen LogP contribution in [0.1, 0.15) is 6.92 Å². The Labute approximate surface area is 103 Å². The van der Waals surface area contributed by atoms with E-state index in [1.165, 1.54) is 5.69 Å². The Kier molecular flexibility index (Phi) is 4.00. The fourth-order valence-electron chi connectivity index (χ4n) is 2.26. The predicted molar refractivity (Wildman–Crippen MR) is 69.9 cm³/mol. The van der Waals surface area contributed by atoms with Crippen LogP contribution in [0.3, 0.4) is 0 Å². The lowest BCUT2D eigenvalue weighted by Crippen LogP contribution is -2.47. The first-order valence-electron chi connectivity index (χ1n) is 6.21. The summed E-state index contributed by atoms with van der Waals surface area (Å²) in [5.74, 6) is 0.137. The van der Waals surface area contributed by atoms with E-state index in [2.05, 4.69) is 40.1 Å². The molecule has 1 atom stereocenters. The molecule has 0 saturated carbocycles. The van der Waals surface area contributed by atoms with Gasteiger partial charge in [0.1, 0.15) is 0 Å². The van der Waals surface area contributed by atoms with Gasteiger partial charge in [0.25, 0.3) is 0 Å². The number of anilines is 1. The molecule has 3 heteroatoms. The Hall–Kier alpha value is -1.53. The van der Waals surface area contributed by atoms with E-state index in [-0.39, 0.29) is 5.92 Å². The highest BCUT2D eigenvalue weighted by molar-refractivity contribution is 5.46. The Morgan fingerprint density at radius 2 is 1.82 bits per heavy atom. The quantitative estimate of drug-likeness (QED) is 0.794. The van der Waals surface area contributed by atoms with Crippen LogP contribution in [-0.4, -0.2) is 37.6 Å². The van der Waals surface area contributed by atoms with Gasteiger partial charge in [-0.2, -0.15) is 5.26 Å². The van der Waals surface area contributed by atoms with Crippen molar-refractivity contribution >= 4 is 5.69 Å². The average Bonchev–Trinajstić information content (AvgIpc) is 2.40. The van der Waals surface area contributed by atoms with E-state index in [1.54, 1.807) is 0 Å². The molecule has 1 aliphatic heterocycles. The summed E-state index contributed by atoms with van der Waals surface area (Å²) in [6.45, 7) is 7.12. The molecule has 1 saturated heterocycles. The van der Waals surface area contributed by atoms with Crippen molar-refractivity contribution in [3.8, 4) is 6.07 Å². The van der Waals surface area contributed by atoms with Crippen molar-refractivity contribution < 1.29 is 0 Å². The predicted octanol–water partition coefficient (Wildman–Crippen LogP) is 1.97. The molecule has 0 amide bonds. The highest BCUT2D eigenvalue weighted by atomic mass is 15.3.